The van der Waals surface area contributed by atoms with Gasteiger partial charge in [-0.25, -0.2) is 0 Å². The molecule has 2 aromatic rings. The number of rotatable bonds is 6. The van der Waals surface area contributed by atoms with Crippen LogP contribution in [0.15, 0.2) is 35.7 Å². The van der Waals surface area contributed by atoms with E-state index in [4.69, 9.17) is 0 Å². The van der Waals surface area contributed by atoms with Crippen molar-refractivity contribution in [3.05, 3.63) is 51.7 Å². The summed E-state index contributed by atoms with van der Waals surface area (Å²) >= 11 is 1.41. The Morgan fingerprint density at radius 1 is 1.14 bits per heavy atom. The molecule has 4 nitrogen and oxygen atoms in total. The summed E-state index contributed by atoms with van der Waals surface area (Å²) in [7, 11) is 0. The van der Waals surface area contributed by atoms with Gasteiger partial charge in [0.1, 0.15) is 0 Å². The van der Waals surface area contributed by atoms with Crippen LogP contribution in [0.3, 0.4) is 0 Å². The number of carbonyl (C=O) groups excluding carboxylic acids is 2. The third-order valence-corrected chi connectivity index (χ3v) is 4.36. The van der Waals surface area contributed by atoms with Gasteiger partial charge in [-0.05, 0) is 48.9 Å². The van der Waals surface area contributed by atoms with Crippen molar-refractivity contribution in [2.75, 3.05) is 11.9 Å². The standard InChI is InChI=1S/C17H20N2O2S/c1-12-6-3-7-14(13(12)2)19-16(20)9-4-10-18-17(21)15-8-5-11-22-15/h3,5-8,11H,4,9-10H2,1-2H3,(H,18,21)(H,19,20). The van der Waals surface area contributed by atoms with Crippen LogP contribution in [0.1, 0.15) is 33.6 Å². The fourth-order valence-electron chi connectivity index (χ4n) is 2.04. The fourth-order valence-corrected chi connectivity index (χ4v) is 2.69. The first-order valence-electron chi connectivity index (χ1n) is 7.25. The van der Waals surface area contributed by atoms with Crippen LogP contribution in [0.4, 0.5) is 5.69 Å². The van der Waals surface area contributed by atoms with E-state index < -0.39 is 0 Å². The minimum Gasteiger partial charge on any atom is -0.351 e. The molecule has 0 fully saturated rings. The largest absolute Gasteiger partial charge is 0.351 e. The van der Waals surface area contributed by atoms with E-state index in [0.29, 0.717) is 24.3 Å². The summed E-state index contributed by atoms with van der Waals surface area (Å²) in [6.07, 6.45) is 1.01. The molecule has 116 valence electrons. The lowest BCUT2D eigenvalue weighted by molar-refractivity contribution is -0.116. The quantitative estimate of drug-likeness (QED) is 0.801. The molecule has 0 aliphatic carbocycles. The van der Waals surface area contributed by atoms with Crippen molar-refractivity contribution in [3.8, 4) is 0 Å². The molecule has 2 amide bonds. The molecule has 0 aliphatic rings. The minimum atomic E-state index is -0.0788. The molecule has 1 heterocycles. The van der Waals surface area contributed by atoms with Gasteiger partial charge in [0.2, 0.25) is 5.91 Å². The summed E-state index contributed by atoms with van der Waals surface area (Å²) in [6.45, 7) is 4.51. The van der Waals surface area contributed by atoms with Crippen molar-refractivity contribution in [2.24, 2.45) is 0 Å². The molecule has 5 heteroatoms. The van der Waals surface area contributed by atoms with Gasteiger partial charge in [-0.3, -0.25) is 9.59 Å². The van der Waals surface area contributed by atoms with Crippen LogP contribution in [-0.2, 0) is 4.79 Å². The highest BCUT2D eigenvalue weighted by molar-refractivity contribution is 7.12. The lowest BCUT2D eigenvalue weighted by Crippen LogP contribution is -2.24. The minimum absolute atomic E-state index is 0.0286. The molecule has 0 unspecified atom stereocenters. The predicted molar refractivity (Wildman–Crippen MR) is 90.4 cm³/mol. The van der Waals surface area contributed by atoms with Crippen LogP contribution < -0.4 is 10.6 Å². The number of hydrogen-bond donors (Lipinski definition) is 2. The molecule has 0 atom stereocenters. The Bertz CT molecular complexity index is 651. The maximum absolute atomic E-state index is 11.9. The summed E-state index contributed by atoms with van der Waals surface area (Å²) in [5, 5.41) is 7.60. The molecule has 22 heavy (non-hydrogen) atoms. The second-order valence-electron chi connectivity index (χ2n) is 5.13. The molecule has 0 spiro atoms. The number of hydrogen-bond acceptors (Lipinski definition) is 3. The first-order valence-corrected chi connectivity index (χ1v) is 8.13. The first kappa shape index (κ1) is 16.2. The van der Waals surface area contributed by atoms with Gasteiger partial charge in [0.15, 0.2) is 0 Å². The summed E-state index contributed by atoms with van der Waals surface area (Å²) in [5.41, 5.74) is 3.09. The van der Waals surface area contributed by atoms with E-state index in [2.05, 4.69) is 10.6 Å². The Morgan fingerprint density at radius 2 is 1.95 bits per heavy atom. The maximum Gasteiger partial charge on any atom is 0.261 e. The molecular formula is C17H20N2O2S. The normalized spacial score (nSPS) is 10.3. The maximum atomic E-state index is 11.9. The van der Waals surface area contributed by atoms with Gasteiger partial charge in [-0.2, -0.15) is 0 Å². The smallest absolute Gasteiger partial charge is 0.261 e. The zero-order valence-electron chi connectivity index (χ0n) is 12.8. The van der Waals surface area contributed by atoms with E-state index in [0.717, 1.165) is 16.8 Å². The van der Waals surface area contributed by atoms with Crippen molar-refractivity contribution in [1.82, 2.24) is 5.32 Å². The summed E-state index contributed by atoms with van der Waals surface area (Å²) in [6, 6.07) is 9.48. The Kier molecular flexibility index (Phi) is 5.72. The van der Waals surface area contributed by atoms with Gasteiger partial charge in [-0.15, -0.1) is 11.3 Å². The van der Waals surface area contributed by atoms with Crippen LogP contribution in [0.5, 0.6) is 0 Å². The number of carbonyl (C=O) groups is 2. The predicted octanol–water partition coefficient (Wildman–Crippen LogP) is 3.51. The van der Waals surface area contributed by atoms with Crippen LogP contribution >= 0.6 is 11.3 Å². The highest BCUT2D eigenvalue weighted by atomic mass is 32.1. The Balaban J connectivity index is 1.72. The second kappa shape index (κ2) is 7.75. The van der Waals surface area contributed by atoms with E-state index in [-0.39, 0.29) is 11.8 Å². The molecule has 0 saturated heterocycles. The number of thiophene rings is 1. The van der Waals surface area contributed by atoms with E-state index in [1.807, 2.05) is 43.5 Å². The van der Waals surface area contributed by atoms with Gasteiger partial charge in [0.05, 0.1) is 4.88 Å². The molecule has 2 rings (SSSR count). The Hall–Kier alpha value is -2.14. The lowest BCUT2D eigenvalue weighted by atomic mass is 10.1. The lowest BCUT2D eigenvalue weighted by Gasteiger charge is -2.10. The van der Waals surface area contributed by atoms with E-state index in [1.54, 1.807) is 6.07 Å². The SMILES string of the molecule is Cc1cccc(NC(=O)CCCNC(=O)c2cccs2)c1C. The molecule has 0 radical (unpaired) electrons. The Morgan fingerprint density at radius 3 is 2.68 bits per heavy atom. The van der Waals surface area contributed by atoms with Crippen molar-refractivity contribution in [3.63, 3.8) is 0 Å². The summed E-state index contributed by atoms with van der Waals surface area (Å²) in [4.78, 5) is 24.3. The fraction of sp³-hybridized carbons (Fsp3) is 0.294. The highest BCUT2D eigenvalue weighted by Gasteiger charge is 2.08. The highest BCUT2D eigenvalue weighted by Crippen LogP contribution is 2.18. The van der Waals surface area contributed by atoms with Crippen molar-refractivity contribution >= 4 is 28.8 Å². The topological polar surface area (TPSA) is 58.2 Å². The van der Waals surface area contributed by atoms with Crippen molar-refractivity contribution < 1.29 is 9.59 Å². The average molecular weight is 316 g/mol. The molecule has 2 N–H and O–H groups in total. The van der Waals surface area contributed by atoms with Crippen LogP contribution in [0.25, 0.3) is 0 Å². The molecule has 0 saturated carbocycles. The first-order chi connectivity index (χ1) is 10.6. The van der Waals surface area contributed by atoms with Crippen LogP contribution in [-0.4, -0.2) is 18.4 Å². The number of nitrogens with one attached hydrogen (secondary N) is 2. The van der Waals surface area contributed by atoms with Crippen molar-refractivity contribution in [2.45, 2.75) is 26.7 Å². The monoisotopic (exact) mass is 316 g/mol. The Labute approximate surface area is 134 Å². The van der Waals surface area contributed by atoms with Gasteiger partial charge < -0.3 is 10.6 Å². The number of benzene rings is 1. The molecular weight excluding hydrogens is 296 g/mol. The number of amides is 2. The van der Waals surface area contributed by atoms with Crippen LogP contribution in [0.2, 0.25) is 0 Å². The molecule has 1 aromatic carbocycles. The van der Waals surface area contributed by atoms with E-state index in [9.17, 15) is 9.59 Å². The number of anilines is 1. The van der Waals surface area contributed by atoms with E-state index in [1.165, 1.54) is 11.3 Å². The van der Waals surface area contributed by atoms with Gasteiger partial charge in [0.25, 0.3) is 5.91 Å². The van der Waals surface area contributed by atoms with Gasteiger partial charge in [0, 0.05) is 18.7 Å². The van der Waals surface area contributed by atoms with Crippen molar-refractivity contribution in [1.29, 1.82) is 0 Å². The average Bonchev–Trinajstić information content (AvgIpc) is 3.02. The third kappa shape index (κ3) is 4.43. The zero-order chi connectivity index (χ0) is 15.9. The second-order valence-corrected chi connectivity index (χ2v) is 6.08. The molecule has 0 aliphatic heterocycles. The number of aryl methyl sites for hydroxylation is 1. The van der Waals surface area contributed by atoms with Gasteiger partial charge in [-0.1, -0.05) is 18.2 Å². The molecule has 1 aromatic heterocycles. The van der Waals surface area contributed by atoms with Gasteiger partial charge >= 0.3 is 0 Å². The van der Waals surface area contributed by atoms with E-state index >= 15 is 0 Å². The molecule has 0 bridgehead atoms. The van der Waals surface area contributed by atoms with Crippen LogP contribution in [0, 0.1) is 13.8 Å². The zero-order valence-corrected chi connectivity index (χ0v) is 13.6. The summed E-state index contributed by atoms with van der Waals surface area (Å²) in [5.74, 6) is -0.107. The third-order valence-electron chi connectivity index (χ3n) is 3.49. The summed E-state index contributed by atoms with van der Waals surface area (Å²) < 4.78 is 0.